The number of rotatable bonds is 10. The first kappa shape index (κ1) is 21.2. The highest BCUT2D eigenvalue weighted by Gasteiger charge is 2.25. The number of nitrogens with one attached hydrogen (secondary N) is 1. The van der Waals surface area contributed by atoms with Gasteiger partial charge in [-0.05, 0) is 42.8 Å². The molecule has 0 bridgehead atoms. The molecule has 6 nitrogen and oxygen atoms in total. The lowest BCUT2D eigenvalue weighted by Gasteiger charge is -2.21. The van der Waals surface area contributed by atoms with E-state index in [0.717, 1.165) is 0 Å². The van der Waals surface area contributed by atoms with Crippen molar-refractivity contribution in [3.8, 4) is 5.75 Å². The van der Waals surface area contributed by atoms with Gasteiger partial charge in [-0.1, -0.05) is 36.7 Å². The van der Waals surface area contributed by atoms with E-state index in [0.29, 0.717) is 23.8 Å². The zero-order valence-electron chi connectivity index (χ0n) is 15.1. The first-order valence-corrected chi connectivity index (χ1v) is 10.5. The largest absolute Gasteiger partial charge is 0.492 e. The lowest BCUT2D eigenvalue weighted by Crippen LogP contribution is -2.42. The first-order valence-electron chi connectivity index (χ1n) is 8.63. The van der Waals surface area contributed by atoms with Crippen molar-refractivity contribution in [1.29, 1.82) is 0 Å². The zero-order valence-corrected chi connectivity index (χ0v) is 16.7. The third-order valence-corrected chi connectivity index (χ3v) is 5.79. The molecule has 1 amide bonds. The molecule has 0 fully saturated rings. The van der Waals surface area contributed by atoms with Crippen molar-refractivity contribution in [3.05, 3.63) is 59.6 Å². The summed E-state index contributed by atoms with van der Waals surface area (Å²) in [6, 6.07) is 15.2. The monoisotopic (exact) mass is 410 g/mol. The number of amides is 1. The topological polar surface area (TPSA) is 75.7 Å². The molecule has 0 saturated carbocycles. The Morgan fingerprint density at radius 1 is 1.11 bits per heavy atom. The van der Waals surface area contributed by atoms with Gasteiger partial charge in [0, 0.05) is 11.6 Å². The van der Waals surface area contributed by atoms with Crippen LogP contribution >= 0.6 is 11.6 Å². The Bertz CT molecular complexity index is 827. The van der Waals surface area contributed by atoms with Gasteiger partial charge in [0.1, 0.15) is 12.4 Å². The highest BCUT2D eigenvalue weighted by Crippen LogP contribution is 2.18. The molecule has 0 radical (unpaired) electrons. The van der Waals surface area contributed by atoms with Crippen LogP contribution in [0.25, 0.3) is 0 Å². The summed E-state index contributed by atoms with van der Waals surface area (Å²) in [4.78, 5) is 12.3. The van der Waals surface area contributed by atoms with E-state index in [4.69, 9.17) is 16.3 Å². The van der Waals surface area contributed by atoms with Crippen molar-refractivity contribution in [2.45, 2.75) is 18.2 Å². The van der Waals surface area contributed by atoms with Crippen LogP contribution in [0.1, 0.15) is 13.3 Å². The molecule has 0 atom stereocenters. The van der Waals surface area contributed by atoms with E-state index < -0.39 is 10.0 Å². The zero-order chi connectivity index (χ0) is 19.7. The van der Waals surface area contributed by atoms with Gasteiger partial charge in [-0.25, -0.2) is 8.42 Å². The number of sulfonamides is 1. The van der Waals surface area contributed by atoms with Crippen LogP contribution in [-0.4, -0.2) is 44.9 Å². The van der Waals surface area contributed by atoms with Gasteiger partial charge in [-0.3, -0.25) is 4.79 Å². The van der Waals surface area contributed by atoms with Crippen molar-refractivity contribution in [2.75, 3.05) is 26.2 Å². The molecule has 2 rings (SSSR count). The van der Waals surface area contributed by atoms with Crippen molar-refractivity contribution < 1.29 is 17.9 Å². The number of ether oxygens (including phenoxy) is 1. The quantitative estimate of drug-likeness (QED) is 0.611. The fourth-order valence-corrected chi connectivity index (χ4v) is 4.00. The van der Waals surface area contributed by atoms with E-state index >= 15 is 0 Å². The van der Waals surface area contributed by atoms with Crippen LogP contribution in [-0.2, 0) is 14.8 Å². The minimum absolute atomic E-state index is 0.112. The average molecular weight is 411 g/mol. The molecular weight excluding hydrogens is 388 g/mol. The number of hydrogen-bond donors (Lipinski definition) is 1. The van der Waals surface area contributed by atoms with E-state index in [1.54, 1.807) is 0 Å². The predicted molar refractivity (Wildman–Crippen MR) is 105 cm³/mol. The molecule has 0 aliphatic rings. The number of hydrogen-bond acceptors (Lipinski definition) is 4. The maximum atomic E-state index is 12.8. The van der Waals surface area contributed by atoms with E-state index in [-0.39, 0.29) is 30.4 Å². The summed E-state index contributed by atoms with van der Waals surface area (Å²) in [5.74, 6) is 0.335. The molecule has 2 aromatic rings. The van der Waals surface area contributed by atoms with Crippen LogP contribution in [0.4, 0.5) is 0 Å². The van der Waals surface area contributed by atoms with Gasteiger partial charge in [0.25, 0.3) is 0 Å². The number of carbonyl (C=O) groups excluding carboxylic acids is 1. The minimum Gasteiger partial charge on any atom is -0.492 e. The molecule has 1 N–H and O–H groups in total. The van der Waals surface area contributed by atoms with Gasteiger partial charge in [0.2, 0.25) is 15.9 Å². The molecule has 0 spiro atoms. The molecule has 0 aliphatic heterocycles. The highest BCUT2D eigenvalue weighted by atomic mass is 35.5. The van der Waals surface area contributed by atoms with E-state index in [1.807, 2.05) is 37.3 Å². The van der Waals surface area contributed by atoms with Crippen LogP contribution in [0.5, 0.6) is 5.75 Å². The molecule has 27 heavy (non-hydrogen) atoms. The van der Waals surface area contributed by atoms with Gasteiger partial charge < -0.3 is 10.1 Å². The van der Waals surface area contributed by atoms with Crippen LogP contribution < -0.4 is 10.1 Å². The lowest BCUT2D eigenvalue weighted by atomic mass is 10.3. The first-order chi connectivity index (χ1) is 12.9. The number of para-hydroxylation sites is 1. The Morgan fingerprint density at radius 3 is 2.41 bits per heavy atom. The second-order valence-electron chi connectivity index (χ2n) is 5.80. The Hall–Kier alpha value is -2.09. The summed E-state index contributed by atoms with van der Waals surface area (Å²) < 4.78 is 32.2. The molecule has 2 aromatic carbocycles. The molecule has 0 aliphatic carbocycles. The second-order valence-corrected chi connectivity index (χ2v) is 8.18. The maximum absolute atomic E-state index is 12.8. The molecule has 0 unspecified atom stereocenters. The molecule has 8 heteroatoms. The summed E-state index contributed by atoms with van der Waals surface area (Å²) in [7, 11) is -3.77. The predicted octanol–water partition coefficient (Wildman–Crippen LogP) is 2.94. The van der Waals surface area contributed by atoms with Crippen molar-refractivity contribution in [3.63, 3.8) is 0 Å². The molecule has 0 aromatic heterocycles. The van der Waals surface area contributed by atoms with Crippen LogP contribution in [0.2, 0.25) is 5.02 Å². The Balaban J connectivity index is 1.90. The third-order valence-electron chi connectivity index (χ3n) is 3.68. The summed E-state index contributed by atoms with van der Waals surface area (Å²) in [6.07, 6.45) is 0.594. The van der Waals surface area contributed by atoms with Crippen molar-refractivity contribution >= 4 is 27.5 Å². The van der Waals surface area contributed by atoms with Gasteiger partial charge in [-0.15, -0.1) is 0 Å². The number of halogens is 1. The summed E-state index contributed by atoms with van der Waals surface area (Å²) in [6.45, 7) is 2.45. The second kappa shape index (κ2) is 10.3. The Labute approximate surface area is 165 Å². The van der Waals surface area contributed by atoms with Gasteiger partial charge in [0.15, 0.2) is 0 Å². The van der Waals surface area contributed by atoms with E-state index in [2.05, 4.69) is 5.32 Å². The smallest absolute Gasteiger partial charge is 0.243 e. The molecular formula is C19H23ClN2O4S. The summed E-state index contributed by atoms with van der Waals surface area (Å²) in [5, 5.41) is 3.13. The van der Waals surface area contributed by atoms with E-state index in [9.17, 15) is 13.2 Å². The summed E-state index contributed by atoms with van der Waals surface area (Å²) >= 11 is 5.82. The van der Waals surface area contributed by atoms with Crippen molar-refractivity contribution in [1.82, 2.24) is 9.62 Å². The number of benzene rings is 2. The van der Waals surface area contributed by atoms with Crippen LogP contribution in [0.15, 0.2) is 59.5 Å². The van der Waals surface area contributed by atoms with Crippen molar-refractivity contribution in [2.24, 2.45) is 0 Å². The maximum Gasteiger partial charge on any atom is 0.243 e. The lowest BCUT2D eigenvalue weighted by molar-refractivity contribution is -0.121. The Morgan fingerprint density at radius 2 is 1.78 bits per heavy atom. The van der Waals surface area contributed by atoms with Gasteiger partial charge >= 0.3 is 0 Å². The van der Waals surface area contributed by atoms with E-state index in [1.165, 1.54) is 28.6 Å². The fourth-order valence-electron chi connectivity index (χ4n) is 2.38. The summed E-state index contributed by atoms with van der Waals surface area (Å²) in [5.41, 5.74) is 0. The number of nitrogens with zero attached hydrogens (tertiary/aromatic N) is 1. The van der Waals surface area contributed by atoms with Crippen LogP contribution in [0.3, 0.4) is 0 Å². The molecule has 0 heterocycles. The molecule has 0 saturated heterocycles. The standard InChI is InChI=1S/C19H23ClN2O4S/c1-2-13-22(27(24,25)18-10-8-16(20)9-11-18)15-19(23)21-12-14-26-17-6-4-3-5-7-17/h3-11H,2,12-15H2,1H3,(H,21,23). The SMILES string of the molecule is CCCN(CC(=O)NCCOc1ccccc1)S(=O)(=O)c1ccc(Cl)cc1. The average Bonchev–Trinajstić information content (AvgIpc) is 2.66. The highest BCUT2D eigenvalue weighted by molar-refractivity contribution is 7.89. The fraction of sp³-hybridized carbons (Fsp3) is 0.316. The van der Waals surface area contributed by atoms with Gasteiger partial charge in [-0.2, -0.15) is 4.31 Å². The minimum atomic E-state index is -3.77. The van der Waals surface area contributed by atoms with Crippen LogP contribution in [0, 0.1) is 0 Å². The molecule has 146 valence electrons. The normalized spacial score (nSPS) is 11.4. The van der Waals surface area contributed by atoms with Gasteiger partial charge in [0.05, 0.1) is 18.0 Å². The third kappa shape index (κ3) is 6.53. The Kier molecular flexibility index (Phi) is 8.09. The number of carbonyl (C=O) groups is 1.